The van der Waals surface area contributed by atoms with Gasteiger partial charge in [0.15, 0.2) is 0 Å². The van der Waals surface area contributed by atoms with E-state index < -0.39 is 0 Å². The van der Waals surface area contributed by atoms with E-state index in [1.165, 1.54) is 49.7 Å². The smallest absolute Gasteiger partial charge is 0.115 e. The van der Waals surface area contributed by atoms with E-state index in [-0.39, 0.29) is 5.60 Å². The Balaban J connectivity index is 1.80. The zero-order valence-electron chi connectivity index (χ0n) is 12.3. The third kappa shape index (κ3) is 1.74. The second-order valence-electron chi connectivity index (χ2n) is 7.12. The van der Waals surface area contributed by atoms with Crippen LogP contribution in [0.4, 0.5) is 0 Å². The van der Waals surface area contributed by atoms with Crippen LogP contribution in [-0.2, 0) is 16.6 Å². The fourth-order valence-corrected chi connectivity index (χ4v) is 4.97. The molecule has 4 rings (SSSR count). The van der Waals surface area contributed by atoms with Gasteiger partial charge in [0.25, 0.3) is 0 Å². The van der Waals surface area contributed by atoms with Crippen LogP contribution in [0, 0.1) is 5.92 Å². The molecule has 2 fully saturated rings. The zero-order chi connectivity index (χ0) is 13.8. The number of aromatic hydroxyl groups is 1. The van der Waals surface area contributed by atoms with E-state index in [1.807, 2.05) is 12.1 Å². The van der Waals surface area contributed by atoms with E-state index >= 15 is 0 Å². The molecule has 0 amide bonds. The van der Waals surface area contributed by atoms with Gasteiger partial charge in [-0.05, 0) is 79.5 Å². The van der Waals surface area contributed by atoms with Crippen LogP contribution in [0.15, 0.2) is 18.2 Å². The predicted octanol–water partition coefficient (Wildman–Crippen LogP) is 3.95. The van der Waals surface area contributed by atoms with E-state index in [4.69, 9.17) is 4.74 Å². The molecule has 2 aliphatic carbocycles. The van der Waals surface area contributed by atoms with Crippen molar-refractivity contribution in [3.63, 3.8) is 0 Å². The van der Waals surface area contributed by atoms with E-state index in [2.05, 4.69) is 13.0 Å². The Labute approximate surface area is 121 Å². The fourth-order valence-electron chi connectivity index (χ4n) is 4.97. The molecule has 3 aliphatic rings. The van der Waals surface area contributed by atoms with Gasteiger partial charge in [-0.3, -0.25) is 0 Å². The Kier molecular flexibility index (Phi) is 2.69. The second-order valence-corrected chi connectivity index (χ2v) is 7.12. The molecular weight excluding hydrogens is 248 g/mol. The van der Waals surface area contributed by atoms with Gasteiger partial charge < -0.3 is 9.84 Å². The van der Waals surface area contributed by atoms with Crippen LogP contribution in [0.25, 0.3) is 0 Å². The first kappa shape index (κ1) is 12.7. The lowest BCUT2D eigenvalue weighted by Gasteiger charge is -2.46. The third-order valence-electron chi connectivity index (χ3n) is 6.23. The Bertz CT molecular complexity index is 532. The normalized spacial score (nSPS) is 39.0. The van der Waals surface area contributed by atoms with Crippen LogP contribution >= 0.6 is 0 Å². The van der Waals surface area contributed by atoms with Crippen molar-refractivity contribution in [3.05, 3.63) is 29.3 Å². The summed E-state index contributed by atoms with van der Waals surface area (Å²) in [5.74, 6) is 1.18. The highest BCUT2D eigenvalue weighted by atomic mass is 16.6. The summed E-state index contributed by atoms with van der Waals surface area (Å²) < 4.78 is 5.78. The molecule has 1 aliphatic heterocycles. The molecule has 0 unspecified atom stereocenters. The van der Waals surface area contributed by atoms with Crippen molar-refractivity contribution in [1.29, 1.82) is 0 Å². The number of epoxide rings is 1. The molecule has 108 valence electrons. The molecule has 0 aromatic heterocycles. The maximum absolute atomic E-state index is 9.81. The number of ether oxygens (including phenoxy) is 1. The van der Waals surface area contributed by atoms with Crippen molar-refractivity contribution in [2.75, 3.05) is 6.61 Å². The number of phenolic OH excluding ortho intramolecular Hbond substituents is 1. The quantitative estimate of drug-likeness (QED) is 0.785. The van der Waals surface area contributed by atoms with Gasteiger partial charge in [-0.2, -0.15) is 0 Å². The Morgan fingerprint density at radius 3 is 2.95 bits per heavy atom. The summed E-state index contributed by atoms with van der Waals surface area (Å²) in [5, 5.41) is 9.81. The number of fused-ring (bicyclic) bond motifs is 3. The van der Waals surface area contributed by atoms with Gasteiger partial charge >= 0.3 is 0 Å². The van der Waals surface area contributed by atoms with Gasteiger partial charge in [-0.1, -0.05) is 13.0 Å². The maximum Gasteiger partial charge on any atom is 0.115 e. The van der Waals surface area contributed by atoms with Crippen LogP contribution in [0.3, 0.4) is 0 Å². The van der Waals surface area contributed by atoms with Gasteiger partial charge in [-0.15, -0.1) is 0 Å². The van der Waals surface area contributed by atoms with Crippen LogP contribution in [0.2, 0.25) is 0 Å². The minimum Gasteiger partial charge on any atom is -0.508 e. The van der Waals surface area contributed by atoms with Gasteiger partial charge in [0, 0.05) is 0 Å². The van der Waals surface area contributed by atoms with Crippen LogP contribution in [0.1, 0.15) is 56.6 Å². The monoisotopic (exact) mass is 272 g/mol. The number of rotatable bonds is 1. The minimum absolute atomic E-state index is 0.255. The molecule has 1 aromatic rings. The van der Waals surface area contributed by atoms with E-state index in [1.54, 1.807) is 0 Å². The zero-order valence-corrected chi connectivity index (χ0v) is 12.3. The van der Waals surface area contributed by atoms with Gasteiger partial charge in [0.1, 0.15) is 5.75 Å². The summed E-state index contributed by atoms with van der Waals surface area (Å²) in [6.45, 7) is 3.34. The summed E-state index contributed by atoms with van der Waals surface area (Å²) in [7, 11) is 0. The third-order valence-corrected chi connectivity index (χ3v) is 6.23. The summed E-state index contributed by atoms with van der Waals surface area (Å²) >= 11 is 0. The second kappa shape index (κ2) is 4.24. The first-order chi connectivity index (χ1) is 9.67. The number of benzene rings is 1. The largest absolute Gasteiger partial charge is 0.508 e. The molecule has 1 saturated carbocycles. The molecule has 1 spiro atoms. The standard InChI is InChI=1S/C18H24O2/c1-2-18-9-8-17(12-20-17)11-14(18)5-3-4-13-10-15(19)6-7-16(13)18/h6-7,10,14,19H,2-5,8-9,11-12H2,1H3/t14-,17+,18+/m0/s1. The lowest BCUT2D eigenvalue weighted by atomic mass is 9.58. The highest BCUT2D eigenvalue weighted by Crippen LogP contribution is 2.57. The molecule has 0 radical (unpaired) electrons. The average Bonchev–Trinajstić information content (AvgIpc) is 3.22. The maximum atomic E-state index is 9.81. The number of hydrogen-bond acceptors (Lipinski definition) is 2. The topological polar surface area (TPSA) is 32.8 Å². The van der Waals surface area contributed by atoms with Crippen LogP contribution in [0.5, 0.6) is 5.75 Å². The first-order valence-electron chi connectivity index (χ1n) is 8.14. The summed E-state index contributed by atoms with van der Waals surface area (Å²) in [6.07, 6.45) is 8.62. The van der Waals surface area contributed by atoms with Crippen LogP contribution < -0.4 is 0 Å². The van der Waals surface area contributed by atoms with Crippen molar-refractivity contribution < 1.29 is 9.84 Å². The summed E-state index contributed by atoms with van der Waals surface area (Å²) in [6, 6.07) is 6.10. The van der Waals surface area contributed by atoms with Crippen molar-refractivity contribution in [1.82, 2.24) is 0 Å². The molecule has 1 heterocycles. The minimum atomic E-state index is 0.255. The Hall–Kier alpha value is -1.02. The highest BCUT2D eigenvalue weighted by molar-refractivity contribution is 5.42. The molecule has 2 heteroatoms. The fraction of sp³-hybridized carbons (Fsp3) is 0.667. The average molecular weight is 272 g/mol. The summed E-state index contributed by atoms with van der Waals surface area (Å²) in [4.78, 5) is 0. The van der Waals surface area contributed by atoms with Crippen molar-refractivity contribution in [2.24, 2.45) is 5.92 Å². The highest BCUT2D eigenvalue weighted by Gasteiger charge is 2.56. The molecule has 20 heavy (non-hydrogen) atoms. The molecule has 2 nitrogen and oxygen atoms in total. The van der Waals surface area contributed by atoms with E-state index in [9.17, 15) is 5.11 Å². The number of hydrogen-bond donors (Lipinski definition) is 1. The lowest BCUT2D eigenvalue weighted by molar-refractivity contribution is 0.0969. The number of aryl methyl sites for hydroxylation is 1. The van der Waals surface area contributed by atoms with Crippen molar-refractivity contribution in [3.8, 4) is 5.75 Å². The van der Waals surface area contributed by atoms with Crippen molar-refractivity contribution in [2.45, 2.75) is 62.9 Å². The molecule has 1 aromatic carbocycles. The Morgan fingerprint density at radius 2 is 2.20 bits per heavy atom. The number of phenols is 1. The van der Waals surface area contributed by atoms with Gasteiger partial charge in [-0.25, -0.2) is 0 Å². The van der Waals surface area contributed by atoms with Gasteiger partial charge in [0.05, 0.1) is 12.2 Å². The molecule has 0 bridgehead atoms. The SMILES string of the molecule is CC[C@@]12CC[C@]3(CO3)C[C@@H]1CCCc1cc(O)ccc12. The summed E-state index contributed by atoms with van der Waals surface area (Å²) in [5.41, 5.74) is 3.50. The molecular formula is C18H24O2. The lowest BCUT2D eigenvalue weighted by Crippen LogP contribution is -2.42. The molecule has 1 N–H and O–H groups in total. The Morgan fingerprint density at radius 1 is 1.35 bits per heavy atom. The predicted molar refractivity (Wildman–Crippen MR) is 79.0 cm³/mol. The molecule has 3 atom stereocenters. The van der Waals surface area contributed by atoms with Crippen LogP contribution in [-0.4, -0.2) is 17.3 Å². The first-order valence-corrected chi connectivity index (χ1v) is 8.14. The van der Waals surface area contributed by atoms with Gasteiger partial charge in [0.2, 0.25) is 0 Å². The van der Waals surface area contributed by atoms with Crippen molar-refractivity contribution >= 4 is 0 Å². The van der Waals surface area contributed by atoms with E-state index in [0.29, 0.717) is 11.2 Å². The van der Waals surface area contributed by atoms with E-state index in [0.717, 1.165) is 18.9 Å². The molecule has 1 saturated heterocycles.